The molecule has 164 valence electrons. The molecular formula is C22H22O9. The lowest BCUT2D eigenvalue weighted by atomic mass is 9.79. The van der Waals surface area contributed by atoms with Crippen molar-refractivity contribution < 1.29 is 43.5 Å². The van der Waals surface area contributed by atoms with Gasteiger partial charge in [0, 0.05) is 23.8 Å². The van der Waals surface area contributed by atoms with Crippen molar-refractivity contribution in [1.82, 2.24) is 0 Å². The third-order valence-corrected chi connectivity index (χ3v) is 5.23. The number of aromatic hydroxyl groups is 1. The fourth-order valence-electron chi connectivity index (χ4n) is 3.82. The zero-order chi connectivity index (χ0) is 22.9. The Morgan fingerprint density at radius 3 is 2.16 bits per heavy atom. The van der Waals surface area contributed by atoms with E-state index in [9.17, 15) is 24.6 Å². The molecule has 1 aliphatic rings. The number of ether oxygens (including phenoxy) is 4. The number of aliphatic hydroxyl groups excluding tert-OH is 1. The van der Waals surface area contributed by atoms with Gasteiger partial charge in [0.1, 0.15) is 23.0 Å². The first-order chi connectivity index (χ1) is 14.8. The number of carbonyl (C=O) groups excluding carboxylic acids is 3. The number of hydrogen-bond donors (Lipinski definition) is 2. The molecule has 2 N–H and O–H groups in total. The fourth-order valence-corrected chi connectivity index (χ4v) is 3.82. The van der Waals surface area contributed by atoms with Crippen molar-refractivity contribution in [2.45, 2.75) is 12.3 Å². The molecule has 0 fully saturated rings. The number of methoxy groups -OCH3 is 4. The summed E-state index contributed by atoms with van der Waals surface area (Å²) in [7, 11) is 5.19. The van der Waals surface area contributed by atoms with E-state index in [4.69, 9.17) is 18.9 Å². The van der Waals surface area contributed by atoms with Gasteiger partial charge in [0.25, 0.3) is 0 Å². The lowest BCUT2D eigenvalue weighted by molar-refractivity contribution is -0.142. The monoisotopic (exact) mass is 430 g/mol. The molecule has 31 heavy (non-hydrogen) atoms. The van der Waals surface area contributed by atoms with E-state index in [0.717, 1.165) is 0 Å². The van der Waals surface area contributed by atoms with Crippen LogP contribution in [0.5, 0.6) is 23.0 Å². The Kier molecular flexibility index (Phi) is 6.16. The molecular weight excluding hydrogens is 408 g/mol. The minimum atomic E-state index is -1.01. The van der Waals surface area contributed by atoms with E-state index in [1.54, 1.807) is 0 Å². The molecule has 2 aromatic rings. The molecule has 0 heterocycles. The van der Waals surface area contributed by atoms with Gasteiger partial charge in [-0.3, -0.25) is 14.4 Å². The molecule has 2 aromatic carbocycles. The molecule has 0 radical (unpaired) electrons. The Morgan fingerprint density at radius 2 is 1.61 bits per heavy atom. The summed E-state index contributed by atoms with van der Waals surface area (Å²) in [5.41, 5.74) is -0.156. The molecule has 0 bridgehead atoms. The van der Waals surface area contributed by atoms with Gasteiger partial charge in [-0.25, -0.2) is 0 Å². The molecule has 1 atom stereocenters. The van der Waals surface area contributed by atoms with Crippen LogP contribution in [0.25, 0.3) is 0 Å². The Bertz CT molecular complexity index is 1070. The summed E-state index contributed by atoms with van der Waals surface area (Å²) in [6, 6.07) is 3.95. The number of aliphatic hydroxyl groups is 1. The Balaban J connectivity index is 2.36. The third kappa shape index (κ3) is 3.46. The van der Waals surface area contributed by atoms with Gasteiger partial charge in [0.15, 0.2) is 5.78 Å². The molecule has 0 aliphatic heterocycles. The quantitative estimate of drug-likeness (QED) is 0.539. The maximum absolute atomic E-state index is 13.4. The number of fused-ring (bicyclic) bond motifs is 2. The van der Waals surface area contributed by atoms with Crippen molar-refractivity contribution in [3.63, 3.8) is 0 Å². The van der Waals surface area contributed by atoms with E-state index in [1.807, 2.05) is 0 Å². The molecule has 0 saturated heterocycles. The molecule has 0 amide bonds. The first-order valence-electron chi connectivity index (χ1n) is 9.32. The normalized spacial score (nSPS) is 13.2. The van der Waals surface area contributed by atoms with E-state index in [2.05, 4.69) is 0 Å². The van der Waals surface area contributed by atoms with Gasteiger partial charge in [-0.1, -0.05) is 0 Å². The average Bonchev–Trinajstić information content (AvgIpc) is 2.78. The van der Waals surface area contributed by atoms with Crippen LogP contribution in [0.4, 0.5) is 0 Å². The number of rotatable bonds is 7. The summed E-state index contributed by atoms with van der Waals surface area (Å²) in [5, 5.41) is 19.9. The number of esters is 1. The second-order valence-corrected chi connectivity index (χ2v) is 6.76. The molecule has 1 unspecified atom stereocenters. The summed E-state index contributed by atoms with van der Waals surface area (Å²) in [6.07, 6.45) is -0.0284. The molecule has 0 spiro atoms. The number of phenolic OH excluding ortho intramolecular Hbond substituents is 1. The fraction of sp³-hybridized carbons (Fsp3) is 0.318. The predicted molar refractivity (Wildman–Crippen MR) is 108 cm³/mol. The summed E-state index contributed by atoms with van der Waals surface area (Å²) < 4.78 is 20.8. The highest BCUT2D eigenvalue weighted by Crippen LogP contribution is 2.46. The topological polar surface area (TPSA) is 129 Å². The first-order valence-corrected chi connectivity index (χ1v) is 9.32. The standard InChI is InChI=1S/C22H22O9/c1-28-10-7-12-16(14(24)8-10)20(26)18-13(19(12)25)9-15(29-2)17(21(18)30-3)11(5-6-23)22(27)31-4/h7-9,11,23-24H,5-6H2,1-4H3. The Hall–Kier alpha value is -3.59. The van der Waals surface area contributed by atoms with Crippen LogP contribution in [0.1, 0.15) is 49.7 Å². The number of phenols is 1. The van der Waals surface area contributed by atoms with Crippen LogP contribution < -0.4 is 14.2 Å². The lowest BCUT2D eigenvalue weighted by Gasteiger charge is -2.26. The van der Waals surface area contributed by atoms with Gasteiger partial charge in [-0.2, -0.15) is 0 Å². The highest BCUT2D eigenvalue weighted by Gasteiger charge is 2.40. The van der Waals surface area contributed by atoms with E-state index < -0.39 is 29.2 Å². The van der Waals surface area contributed by atoms with Crippen LogP contribution >= 0.6 is 0 Å². The van der Waals surface area contributed by atoms with Gasteiger partial charge < -0.3 is 29.2 Å². The van der Waals surface area contributed by atoms with Gasteiger partial charge in [0.05, 0.1) is 51.0 Å². The van der Waals surface area contributed by atoms with Crippen LogP contribution in [-0.2, 0) is 9.53 Å². The smallest absolute Gasteiger partial charge is 0.313 e. The number of ketones is 2. The number of hydrogen-bond acceptors (Lipinski definition) is 9. The van der Waals surface area contributed by atoms with Gasteiger partial charge >= 0.3 is 5.97 Å². The maximum Gasteiger partial charge on any atom is 0.313 e. The summed E-state index contributed by atoms with van der Waals surface area (Å²) in [4.78, 5) is 39.1. The SMILES string of the molecule is COC(=O)C(CCO)c1c(OC)cc2c(c1OC)C(=O)c1c(O)cc(OC)cc1C2=O. The Morgan fingerprint density at radius 1 is 0.935 bits per heavy atom. The van der Waals surface area contributed by atoms with Crippen LogP contribution in [0.3, 0.4) is 0 Å². The number of carbonyl (C=O) groups is 3. The van der Waals surface area contributed by atoms with Crippen molar-refractivity contribution >= 4 is 17.5 Å². The van der Waals surface area contributed by atoms with Crippen LogP contribution in [0, 0.1) is 0 Å². The van der Waals surface area contributed by atoms with E-state index in [0.29, 0.717) is 0 Å². The van der Waals surface area contributed by atoms with E-state index in [-0.39, 0.29) is 58.1 Å². The first kappa shape index (κ1) is 22.1. The van der Waals surface area contributed by atoms with Crippen LogP contribution in [-0.4, -0.2) is 62.8 Å². The summed E-state index contributed by atoms with van der Waals surface area (Å²) >= 11 is 0. The second kappa shape index (κ2) is 8.65. The maximum atomic E-state index is 13.4. The van der Waals surface area contributed by atoms with Crippen molar-refractivity contribution in [2.75, 3.05) is 35.0 Å². The molecule has 0 aromatic heterocycles. The summed E-state index contributed by atoms with van der Waals surface area (Å²) in [5.74, 6) is -3.03. The van der Waals surface area contributed by atoms with Crippen molar-refractivity contribution in [2.24, 2.45) is 0 Å². The molecule has 3 rings (SSSR count). The number of benzene rings is 2. The van der Waals surface area contributed by atoms with Gasteiger partial charge in [-0.15, -0.1) is 0 Å². The van der Waals surface area contributed by atoms with Crippen molar-refractivity contribution in [3.05, 3.63) is 46.0 Å². The largest absolute Gasteiger partial charge is 0.507 e. The molecule has 9 heteroatoms. The van der Waals surface area contributed by atoms with Crippen molar-refractivity contribution in [3.8, 4) is 23.0 Å². The lowest BCUT2D eigenvalue weighted by Crippen LogP contribution is -2.25. The summed E-state index contributed by atoms with van der Waals surface area (Å²) in [6.45, 7) is -0.348. The molecule has 1 aliphatic carbocycles. The minimum Gasteiger partial charge on any atom is -0.507 e. The van der Waals surface area contributed by atoms with Gasteiger partial charge in [0.2, 0.25) is 5.78 Å². The average molecular weight is 430 g/mol. The van der Waals surface area contributed by atoms with Crippen LogP contribution in [0.2, 0.25) is 0 Å². The zero-order valence-electron chi connectivity index (χ0n) is 17.5. The highest BCUT2D eigenvalue weighted by molar-refractivity contribution is 6.30. The van der Waals surface area contributed by atoms with Crippen molar-refractivity contribution in [1.29, 1.82) is 0 Å². The zero-order valence-corrected chi connectivity index (χ0v) is 17.5. The van der Waals surface area contributed by atoms with E-state index >= 15 is 0 Å². The molecule has 9 nitrogen and oxygen atoms in total. The Labute approximate surface area is 178 Å². The van der Waals surface area contributed by atoms with Crippen LogP contribution in [0.15, 0.2) is 18.2 Å². The minimum absolute atomic E-state index is 0.00443. The third-order valence-electron chi connectivity index (χ3n) is 5.23. The highest BCUT2D eigenvalue weighted by atomic mass is 16.5. The molecule has 0 saturated carbocycles. The van der Waals surface area contributed by atoms with E-state index in [1.165, 1.54) is 46.6 Å². The second-order valence-electron chi connectivity index (χ2n) is 6.76. The predicted octanol–water partition coefficient (Wildman–Crippen LogP) is 1.83. The van der Waals surface area contributed by atoms with Gasteiger partial charge in [-0.05, 0) is 18.6 Å².